The number of para-hydroxylation sites is 1. The molecule has 3 rings (SSSR count). The van der Waals surface area contributed by atoms with Gasteiger partial charge in [-0.3, -0.25) is 4.98 Å². The lowest BCUT2D eigenvalue weighted by Crippen LogP contribution is -2.17. The van der Waals surface area contributed by atoms with E-state index in [4.69, 9.17) is 0 Å². The van der Waals surface area contributed by atoms with E-state index in [1.165, 1.54) is 20.7 Å². The van der Waals surface area contributed by atoms with Crippen molar-refractivity contribution in [3.63, 3.8) is 0 Å². The second-order valence-corrected chi connectivity index (χ2v) is 6.81. The molecule has 2 nitrogen and oxygen atoms in total. The molecular weight excluding hydrogens is 276 g/mol. The van der Waals surface area contributed by atoms with Gasteiger partial charge in [-0.2, -0.15) is 0 Å². The molecule has 1 unspecified atom stereocenters. The van der Waals surface area contributed by atoms with Gasteiger partial charge in [0, 0.05) is 33.4 Å². The van der Waals surface area contributed by atoms with E-state index >= 15 is 0 Å². The number of benzene rings is 1. The van der Waals surface area contributed by atoms with Crippen LogP contribution in [0.15, 0.2) is 42.5 Å². The van der Waals surface area contributed by atoms with Crippen molar-refractivity contribution in [1.29, 1.82) is 0 Å². The number of nitrogens with zero attached hydrogens (tertiary/aromatic N) is 1. The van der Waals surface area contributed by atoms with Crippen molar-refractivity contribution >= 4 is 22.2 Å². The maximum atomic E-state index is 4.60. The van der Waals surface area contributed by atoms with Crippen LogP contribution in [0.4, 0.5) is 0 Å². The Labute approximate surface area is 129 Å². The Morgan fingerprint density at radius 1 is 1.14 bits per heavy atom. The molecule has 0 bridgehead atoms. The Bertz CT molecular complexity index is 761. The van der Waals surface area contributed by atoms with Crippen LogP contribution < -0.4 is 5.32 Å². The number of aryl methyl sites for hydroxylation is 2. The van der Waals surface area contributed by atoms with E-state index < -0.39 is 0 Å². The van der Waals surface area contributed by atoms with Gasteiger partial charge < -0.3 is 5.32 Å². The molecule has 2 aromatic heterocycles. The van der Waals surface area contributed by atoms with Crippen molar-refractivity contribution in [3.05, 3.63) is 63.5 Å². The highest BCUT2D eigenvalue weighted by atomic mass is 32.1. The highest BCUT2D eigenvalue weighted by Gasteiger charge is 2.09. The third-order valence-electron chi connectivity index (χ3n) is 3.72. The molecular formula is C18H20N2S. The molecule has 0 radical (unpaired) electrons. The van der Waals surface area contributed by atoms with Crippen LogP contribution in [0.25, 0.3) is 10.9 Å². The molecule has 3 heteroatoms. The second-order valence-electron chi connectivity index (χ2n) is 5.49. The molecule has 0 fully saturated rings. The summed E-state index contributed by atoms with van der Waals surface area (Å²) in [5.74, 6) is 0. The average Bonchev–Trinajstić information content (AvgIpc) is 2.91. The molecule has 0 amide bonds. The van der Waals surface area contributed by atoms with Gasteiger partial charge in [0.15, 0.2) is 0 Å². The normalized spacial score (nSPS) is 12.7. The zero-order valence-corrected chi connectivity index (χ0v) is 13.5. The van der Waals surface area contributed by atoms with E-state index in [1.54, 1.807) is 0 Å². The van der Waals surface area contributed by atoms with Gasteiger partial charge in [0.2, 0.25) is 0 Å². The topological polar surface area (TPSA) is 24.9 Å². The van der Waals surface area contributed by atoms with Crippen molar-refractivity contribution in [2.45, 2.75) is 33.4 Å². The fourth-order valence-corrected chi connectivity index (χ4v) is 3.49. The first-order chi connectivity index (χ1) is 10.1. The maximum Gasteiger partial charge on any atom is 0.0708 e. The zero-order chi connectivity index (χ0) is 14.8. The quantitative estimate of drug-likeness (QED) is 0.750. The Kier molecular flexibility index (Phi) is 4.04. The maximum absolute atomic E-state index is 4.60. The standard InChI is InChI=1S/C18H20N2S/c1-12-10-15(16-6-4-5-7-17(16)20-12)11-19-14(3)18-9-8-13(2)21-18/h4-10,14,19H,11H2,1-3H3. The van der Waals surface area contributed by atoms with E-state index in [9.17, 15) is 0 Å². The summed E-state index contributed by atoms with van der Waals surface area (Å²) in [5, 5.41) is 4.87. The molecule has 0 saturated carbocycles. The highest BCUT2D eigenvalue weighted by molar-refractivity contribution is 7.12. The van der Waals surface area contributed by atoms with Gasteiger partial charge in [-0.25, -0.2) is 0 Å². The highest BCUT2D eigenvalue weighted by Crippen LogP contribution is 2.24. The average molecular weight is 296 g/mol. The number of pyridine rings is 1. The molecule has 1 N–H and O–H groups in total. The van der Waals surface area contributed by atoms with Crippen LogP contribution >= 0.6 is 11.3 Å². The predicted octanol–water partition coefficient (Wildman–Crippen LogP) is 4.76. The number of thiophene rings is 1. The molecule has 0 aliphatic heterocycles. The number of rotatable bonds is 4. The molecule has 0 aliphatic carbocycles. The van der Waals surface area contributed by atoms with Gasteiger partial charge in [0.25, 0.3) is 0 Å². The van der Waals surface area contributed by atoms with Crippen molar-refractivity contribution in [1.82, 2.24) is 10.3 Å². The Hall–Kier alpha value is -1.71. The molecule has 1 atom stereocenters. The van der Waals surface area contributed by atoms with Gasteiger partial charge in [0.1, 0.15) is 0 Å². The van der Waals surface area contributed by atoms with Crippen LogP contribution in [-0.4, -0.2) is 4.98 Å². The number of hydrogen-bond acceptors (Lipinski definition) is 3. The van der Waals surface area contributed by atoms with Crippen LogP contribution in [0.5, 0.6) is 0 Å². The fourth-order valence-electron chi connectivity index (χ4n) is 2.59. The van der Waals surface area contributed by atoms with E-state index in [-0.39, 0.29) is 0 Å². The molecule has 3 aromatic rings. The number of nitrogens with one attached hydrogen (secondary N) is 1. The number of aromatic nitrogens is 1. The van der Waals surface area contributed by atoms with Crippen molar-refractivity contribution in [3.8, 4) is 0 Å². The molecule has 0 saturated heterocycles. The number of fused-ring (bicyclic) bond motifs is 1. The minimum Gasteiger partial charge on any atom is -0.305 e. The molecule has 1 aromatic carbocycles. The summed E-state index contributed by atoms with van der Waals surface area (Å²) in [4.78, 5) is 7.36. The Morgan fingerprint density at radius 3 is 2.71 bits per heavy atom. The third-order valence-corrected chi connectivity index (χ3v) is 4.90. The van der Waals surface area contributed by atoms with Gasteiger partial charge >= 0.3 is 0 Å². The smallest absolute Gasteiger partial charge is 0.0708 e. The minimum atomic E-state index is 0.371. The minimum absolute atomic E-state index is 0.371. The van der Waals surface area contributed by atoms with Crippen LogP contribution in [0.1, 0.15) is 34.0 Å². The van der Waals surface area contributed by atoms with Crippen LogP contribution in [0, 0.1) is 13.8 Å². The van der Waals surface area contributed by atoms with Gasteiger partial charge in [-0.15, -0.1) is 11.3 Å². The first kappa shape index (κ1) is 14.2. The monoisotopic (exact) mass is 296 g/mol. The van der Waals surface area contributed by atoms with Crippen molar-refractivity contribution < 1.29 is 0 Å². The van der Waals surface area contributed by atoms with Crippen LogP contribution in [0.3, 0.4) is 0 Å². The Morgan fingerprint density at radius 2 is 1.95 bits per heavy atom. The lowest BCUT2D eigenvalue weighted by molar-refractivity contribution is 0.584. The van der Waals surface area contributed by atoms with Gasteiger partial charge in [0.05, 0.1) is 5.52 Å². The van der Waals surface area contributed by atoms with E-state index in [2.05, 4.69) is 67.5 Å². The van der Waals surface area contributed by atoms with Crippen molar-refractivity contribution in [2.75, 3.05) is 0 Å². The predicted molar refractivity (Wildman–Crippen MR) is 90.8 cm³/mol. The lowest BCUT2D eigenvalue weighted by atomic mass is 10.1. The summed E-state index contributed by atoms with van der Waals surface area (Å²) in [5.41, 5.74) is 3.47. The summed E-state index contributed by atoms with van der Waals surface area (Å²) >= 11 is 1.86. The summed E-state index contributed by atoms with van der Waals surface area (Å²) in [6.45, 7) is 7.30. The lowest BCUT2D eigenvalue weighted by Gasteiger charge is -2.14. The van der Waals surface area contributed by atoms with Crippen LogP contribution in [-0.2, 0) is 6.54 Å². The molecule has 21 heavy (non-hydrogen) atoms. The third kappa shape index (κ3) is 3.14. The first-order valence-electron chi connectivity index (χ1n) is 7.28. The molecule has 2 heterocycles. The van der Waals surface area contributed by atoms with Crippen LogP contribution in [0.2, 0.25) is 0 Å². The molecule has 0 spiro atoms. The summed E-state index contributed by atoms with van der Waals surface area (Å²) in [6, 6.07) is 15.3. The van der Waals surface area contributed by atoms with E-state index in [0.717, 1.165) is 17.8 Å². The molecule has 0 aliphatic rings. The summed E-state index contributed by atoms with van der Waals surface area (Å²) < 4.78 is 0. The molecule has 108 valence electrons. The van der Waals surface area contributed by atoms with Gasteiger partial charge in [-0.1, -0.05) is 18.2 Å². The largest absolute Gasteiger partial charge is 0.305 e. The first-order valence-corrected chi connectivity index (χ1v) is 8.10. The fraction of sp³-hybridized carbons (Fsp3) is 0.278. The summed E-state index contributed by atoms with van der Waals surface area (Å²) in [6.07, 6.45) is 0. The second kappa shape index (κ2) is 5.96. The SMILES string of the molecule is Cc1cc(CNC(C)c2ccc(C)s2)c2ccccc2n1. The number of hydrogen-bond donors (Lipinski definition) is 1. The van der Waals surface area contributed by atoms with Crippen molar-refractivity contribution in [2.24, 2.45) is 0 Å². The zero-order valence-electron chi connectivity index (χ0n) is 12.7. The summed E-state index contributed by atoms with van der Waals surface area (Å²) in [7, 11) is 0. The van der Waals surface area contributed by atoms with Gasteiger partial charge in [-0.05, 0) is 50.6 Å². The van der Waals surface area contributed by atoms with E-state index in [1.807, 2.05) is 17.4 Å². The Balaban J connectivity index is 1.82. The van der Waals surface area contributed by atoms with E-state index in [0.29, 0.717) is 6.04 Å².